The van der Waals surface area contributed by atoms with E-state index in [0.29, 0.717) is 0 Å². The van der Waals surface area contributed by atoms with Gasteiger partial charge in [0.25, 0.3) is 0 Å². The normalized spacial score (nSPS) is 24.5. The summed E-state index contributed by atoms with van der Waals surface area (Å²) in [6.07, 6.45) is 0.118. The van der Waals surface area contributed by atoms with Crippen LogP contribution in [0.3, 0.4) is 0 Å². The van der Waals surface area contributed by atoms with Gasteiger partial charge in [0.15, 0.2) is 0 Å². The van der Waals surface area contributed by atoms with Gasteiger partial charge in [0, 0.05) is 13.1 Å². The van der Waals surface area contributed by atoms with Crippen LogP contribution in [0.2, 0.25) is 0 Å². The number of rotatable bonds is 3. The van der Waals surface area contributed by atoms with Gasteiger partial charge in [-0.05, 0) is 25.5 Å². The molecule has 0 amide bonds. The first-order valence-corrected chi connectivity index (χ1v) is 7.29. The Morgan fingerprint density at radius 2 is 1.95 bits per heavy atom. The lowest BCUT2D eigenvalue weighted by atomic mass is 10.0. The van der Waals surface area contributed by atoms with Crippen LogP contribution >= 0.6 is 0 Å². The summed E-state index contributed by atoms with van der Waals surface area (Å²) in [6, 6.07) is 6.44. The summed E-state index contributed by atoms with van der Waals surface area (Å²) in [4.78, 5) is 11.2. The standard InChI is InChI=1S/C12H16N2O4S/c1-9-2-4-10(5-3-9)19(17,18)14-7-6-12(13,8-14)11(15)16/h2-5H,6-8,13H2,1H3,(H,15,16). The van der Waals surface area contributed by atoms with E-state index in [1.165, 1.54) is 12.1 Å². The molecule has 1 fully saturated rings. The van der Waals surface area contributed by atoms with Gasteiger partial charge in [-0.3, -0.25) is 4.79 Å². The first-order valence-electron chi connectivity index (χ1n) is 5.85. The van der Waals surface area contributed by atoms with Crippen molar-refractivity contribution in [2.75, 3.05) is 13.1 Å². The highest BCUT2D eigenvalue weighted by atomic mass is 32.2. The quantitative estimate of drug-likeness (QED) is 0.824. The van der Waals surface area contributed by atoms with E-state index >= 15 is 0 Å². The Bertz CT molecular complexity index is 597. The van der Waals surface area contributed by atoms with E-state index in [0.717, 1.165) is 9.87 Å². The minimum atomic E-state index is -3.67. The number of sulfonamides is 1. The molecule has 1 aliphatic rings. The summed E-state index contributed by atoms with van der Waals surface area (Å²) in [7, 11) is -3.67. The van der Waals surface area contributed by atoms with Crippen LogP contribution in [0.15, 0.2) is 29.2 Å². The molecule has 6 nitrogen and oxygen atoms in total. The molecule has 1 unspecified atom stereocenters. The SMILES string of the molecule is Cc1ccc(S(=O)(=O)N2CCC(N)(C(=O)O)C2)cc1. The molecule has 1 aromatic carbocycles. The molecule has 0 saturated carbocycles. The Morgan fingerprint density at radius 3 is 2.42 bits per heavy atom. The zero-order valence-corrected chi connectivity index (χ0v) is 11.4. The molecule has 0 aromatic heterocycles. The van der Waals surface area contributed by atoms with Gasteiger partial charge in [0.1, 0.15) is 5.54 Å². The van der Waals surface area contributed by atoms with Crippen LogP contribution in [0.25, 0.3) is 0 Å². The second kappa shape index (κ2) is 4.59. The number of carboxylic acids is 1. The maximum absolute atomic E-state index is 12.3. The number of carbonyl (C=O) groups is 1. The smallest absolute Gasteiger partial charge is 0.325 e. The lowest BCUT2D eigenvalue weighted by Gasteiger charge is -2.20. The van der Waals surface area contributed by atoms with E-state index in [-0.39, 0.29) is 24.4 Å². The summed E-state index contributed by atoms with van der Waals surface area (Å²) < 4.78 is 25.8. The average Bonchev–Trinajstić information content (AvgIpc) is 2.75. The van der Waals surface area contributed by atoms with Crippen LogP contribution in [0.4, 0.5) is 0 Å². The third-order valence-corrected chi connectivity index (χ3v) is 5.21. The molecule has 0 spiro atoms. The molecule has 0 bridgehead atoms. The number of hydrogen-bond acceptors (Lipinski definition) is 4. The minimum Gasteiger partial charge on any atom is -0.480 e. The molecule has 7 heteroatoms. The van der Waals surface area contributed by atoms with E-state index in [1.807, 2.05) is 6.92 Å². The highest BCUT2D eigenvalue weighted by Crippen LogP contribution is 2.26. The van der Waals surface area contributed by atoms with Crippen LogP contribution in [0.1, 0.15) is 12.0 Å². The number of nitrogens with two attached hydrogens (primary N) is 1. The molecule has 2 rings (SSSR count). The van der Waals surface area contributed by atoms with Gasteiger partial charge in [0.2, 0.25) is 10.0 Å². The van der Waals surface area contributed by atoms with Gasteiger partial charge < -0.3 is 10.8 Å². The zero-order valence-electron chi connectivity index (χ0n) is 10.5. The second-order valence-corrected chi connectivity index (χ2v) is 6.80. The van der Waals surface area contributed by atoms with Crippen molar-refractivity contribution in [3.8, 4) is 0 Å². The summed E-state index contributed by atoms with van der Waals surface area (Å²) in [5, 5.41) is 9.02. The first-order chi connectivity index (χ1) is 8.75. The number of benzene rings is 1. The fourth-order valence-electron chi connectivity index (χ4n) is 2.04. The third-order valence-electron chi connectivity index (χ3n) is 3.35. The Hall–Kier alpha value is -1.44. The van der Waals surface area contributed by atoms with E-state index in [2.05, 4.69) is 0 Å². The van der Waals surface area contributed by atoms with Gasteiger partial charge in [-0.25, -0.2) is 8.42 Å². The molecule has 1 heterocycles. The molecule has 1 saturated heterocycles. The number of aliphatic carboxylic acids is 1. The van der Waals surface area contributed by atoms with E-state index in [1.54, 1.807) is 12.1 Å². The fraction of sp³-hybridized carbons (Fsp3) is 0.417. The molecule has 1 aliphatic heterocycles. The van der Waals surface area contributed by atoms with Crippen molar-refractivity contribution >= 4 is 16.0 Å². The molecule has 1 aromatic rings. The van der Waals surface area contributed by atoms with Gasteiger partial charge in [0.05, 0.1) is 4.90 Å². The van der Waals surface area contributed by atoms with Crippen molar-refractivity contribution in [1.82, 2.24) is 4.31 Å². The number of nitrogens with zero attached hydrogens (tertiary/aromatic N) is 1. The molecule has 0 aliphatic carbocycles. The van der Waals surface area contributed by atoms with E-state index in [9.17, 15) is 13.2 Å². The second-order valence-electron chi connectivity index (χ2n) is 4.86. The van der Waals surface area contributed by atoms with Gasteiger partial charge in [-0.15, -0.1) is 0 Å². The average molecular weight is 284 g/mol. The maximum atomic E-state index is 12.3. The maximum Gasteiger partial charge on any atom is 0.325 e. The van der Waals surface area contributed by atoms with Crippen molar-refractivity contribution in [3.63, 3.8) is 0 Å². The highest BCUT2D eigenvalue weighted by molar-refractivity contribution is 7.89. The summed E-state index contributed by atoms with van der Waals surface area (Å²) in [5.41, 5.74) is 5.15. The number of aryl methyl sites for hydroxylation is 1. The van der Waals surface area contributed by atoms with Crippen molar-refractivity contribution in [3.05, 3.63) is 29.8 Å². The topological polar surface area (TPSA) is 101 Å². The van der Waals surface area contributed by atoms with Crippen LogP contribution < -0.4 is 5.73 Å². The van der Waals surface area contributed by atoms with Crippen molar-refractivity contribution in [1.29, 1.82) is 0 Å². The van der Waals surface area contributed by atoms with Crippen molar-refractivity contribution in [2.45, 2.75) is 23.8 Å². The Balaban J connectivity index is 2.28. The van der Waals surface area contributed by atoms with Gasteiger partial charge in [-0.2, -0.15) is 4.31 Å². The minimum absolute atomic E-state index is 0.118. The van der Waals surface area contributed by atoms with Gasteiger partial charge in [-0.1, -0.05) is 17.7 Å². The summed E-state index contributed by atoms with van der Waals surface area (Å²) >= 11 is 0. The molecular formula is C12H16N2O4S. The molecule has 3 N–H and O–H groups in total. The Morgan fingerprint density at radius 1 is 1.37 bits per heavy atom. The molecule has 104 valence electrons. The van der Waals surface area contributed by atoms with Crippen LogP contribution in [-0.2, 0) is 14.8 Å². The Labute approximate surface area is 111 Å². The predicted molar refractivity (Wildman–Crippen MR) is 69.1 cm³/mol. The van der Waals surface area contributed by atoms with E-state index in [4.69, 9.17) is 10.8 Å². The molecule has 0 radical (unpaired) electrons. The van der Waals surface area contributed by atoms with Crippen molar-refractivity contribution < 1.29 is 18.3 Å². The number of hydrogen-bond donors (Lipinski definition) is 2. The first kappa shape index (κ1) is 14.0. The lowest BCUT2D eigenvalue weighted by Crippen LogP contribution is -2.50. The fourth-order valence-corrected chi connectivity index (χ4v) is 3.55. The third kappa shape index (κ3) is 2.49. The molecule has 1 atom stereocenters. The van der Waals surface area contributed by atoms with Crippen LogP contribution in [0, 0.1) is 6.92 Å². The largest absolute Gasteiger partial charge is 0.480 e. The van der Waals surface area contributed by atoms with Crippen LogP contribution in [0.5, 0.6) is 0 Å². The summed E-state index contributed by atoms with van der Waals surface area (Å²) in [5.74, 6) is -1.17. The van der Waals surface area contributed by atoms with Crippen molar-refractivity contribution in [2.24, 2.45) is 5.73 Å². The van der Waals surface area contributed by atoms with Gasteiger partial charge >= 0.3 is 5.97 Å². The van der Waals surface area contributed by atoms with Crippen LogP contribution in [-0.4, -0.2) is 42.4 Å². The molecular weight excluding hydrogens is 268 g/mol. The monoisotopic (exact) mass is 284 g/mol. The molecule has 19 heavy (non-hydrogen) atoms. The van der Waals surface area contributed by atoms with E-state index < -0.39 is 21.5 Å². The Kier molecular flexibility index (Phi) is 3.38. The zero-order chi connectivity index (χ0) is 14.3. The number of carboxylic acid groups (broad SMARTS) is 1. The highest BCUT2D eigenvalue weighted by Gasteiger charge is 2.45. The lowest BCUT2D eigenvalue weighted by molar-refractivity contribution is -0.142. The predicted octanol–water partition coefficient (Wildman–Crippen LogP) is 0.172. The summed E-state index contributed by atoms with van der Waals surface area (Å²) in [6.45, 7) is 1.79.